The number of carbonyl (C=O) groups is 1. The molecule has 3 nitrogen and oxygen atoms in total. The number of rotatable bonds is 5. The number of nitrogens with zero attached hydrogens (tertiary/aromatic N) is 1. The molecule has 0 bridgehead atoms. The molecule has 0 spiro atoms. The van der Waals surface area contributed by atoms with Crippen molar-refractivity contribution >= 4 is 5.91 Å². The van der Waals surface area contributed by atoms with Gasteiger partial charge in [0.05, 0.1) is 6.04 Å². The van der Waals surface area contributed by atoms with Crippen molar-refractivity contribution < 1.29 is 4.79 Å². The fourth-order valence-corrected chi connectivity index (χ4v) is 2.63. The quantitative estimate of drug-likeness (QED) is 0.755. The predicted octanol–water partition coefficient (Wildman–Crippen LogP) is 1.76. The van der Waals surface area contributed by atoms with E-state index in [1.54, 1.807) is 0 Å². The minimum Gasteiger partial charge on any atom is -0.368 e. The first-order chi connectivity index (χ1) is 7.15. The number of hydrogen-bond donors (Lipinski definition) is 1. The van der Waals surface area contributed by atoms with E-state index in [4.69, 9.17) is 5.73 Å². The van der Waals surface area contributed by atoms with Gasteiger partial charge in [-0.3, -0.25) is 9.69 Å². The van der Waals surface area contributed by atoms with Gasteiger partial charge in [-0.2, -0.15) is 0 Å². The van der Waals surface area contributed by atoms with Gasteiger partial charge in [-0.15, -0.1) is 0 Å². The van der Waals surface area contributed by atoms with Gasteiger partial charge in [0.15, 0.2) is 0 Å². The van der Waals surface area contributed by atoms with Crippen LogP contribution >= 0.6 is 0 Å². The highest BCUT2D eigenvalue weighted by atomic mass is 16.1. The molecule has 1 aliphatic rings. The van der Waals surface area contributed by atoms with Crippen LogP contribution < -0.4 is 5.73 Å². The zero-order chi connectivity index (χ0) is 11.3. The number of carbonyl (C=O) groups excluding carboxylic acids is 1. The van der Waals surface area contributed by atoms with Crippen molar-refractivity contribution in [1.29, 1.82) is 0 Å². The number of likely N-dealkylation sites (N-methyl/N-ethyl adjacent to an activating group) is 1. The predicted molar refractivity (Wildman–Crippen MR) is 62.5 cm³/mol. The Morgan fingerprint density at radius 3 is 2.47 bits per heavy atom. The molecule has 0 aromatic rings. The largest absolute Gasteiger partial charge is 0.368 e. The minimum atomic E-state index is -0.184. The molecule has 0 saturated heterocycles. The lowest BCUT2D eigenvalue weighted by molar-refractivity contribution is -0.123. The summed E-state index contributed by atoms with van der Waals surface area (Å²) in [5.41, 5.74) is 5.37. The zero-order valence-electron chi connectivity index (χ0n) is 10.0. The van der Waals surface area contributed by atoms with Crippen LogP contribution in [0.2, 0.25) is 0 Å². The summed E-state index contributed by atoms with van der Waals surface area (Å²) in [5.74, 6) is 0.591. The molecule has 1 unspecified atom stereocenters. The Hall–Kier alpha value is -0.570. The van der Waals surface area contributed by atoms with E-state index in [9.17, 15) is 4.79 Å². The summed E-state index contributed by atoms with van der Waals surface area (Å²) in [6.07, 6.45) is 7.54. The highest BCUT2D eigenvalue weighted by Gasteiger charge is 2.22. The van der Waals surface area contributed by atoms with E-state index in [1.165, 1.54) is 32.1 Å². The molecule has 0 heterocycles. The Kier molecular flexibility index (Phi) is 5.09. The number of hydrogen-bond acceptors (Lipinski definition) is 2. The summed E-state index contributed by atoms with van der Waals surface area (Å²) in [5, 5.41) is 0. The van der Waals surface area contributed by atoms with Gasteiger partial charge in [-0.25, -0.2) is 0 Å². The SMILES string of the molecule is CCC(C(N)=O)N(C)CC1CCCCC1. The van der Waals surface area contributed by atoms with E-state index >= 15 is 0 Å². The van der Waals surface area contributed by atoms with Crippen LogP contribution in [0.4, 0.5) is 0 Å². The summed E-state index contributed by atoms with van der Waals surface area (Å²) in [6.45, 7) is 3.05. The van der Waals surface area contributed by atoms with Crippen LogP contribution in [-0.4, -0.2) is 30.4 Å². The summed E-state index contributed by atoms with van der Waals surface area (Å²) >= 11 is 0. The molecule has 88 valence electrons. The highest BCUT2D eigenvalue weighted by molar-refractivity contribution is 5.79. The number of nitrogens with two attached hydrogens (primary N) is 1. The molecule has 2 N–H and O–H groups in total. The topological polar surface area (TPSA) is 46.3 Å². The van der Waals surface area contributed by atoms with Gasteiger partial charge in [0.25, 0.3) is 0 Å². The molecule has 1 amide bonds. The van der Waals surface area contributed by atoms with Gasteiger partial charge in [0, 0.05) is 6.54 Å². The second kappa shape index (κ2) is 6.11. The molecule has 0 aliphatic heterocycles. The molecule has 1 rings (SSSR count). The van der Waals surface area contributed by atoms with Crippen LogP contribution in [0.5, 0.6) is 0 Å². The van der Waals surface area contributed by atoms with Crippen molar-refractivity contribution in [2.45, 2.75) is 51.5 Å². The van der Waals surface area contributed by atoms with E-state index in [2.05, 4.69) is 4.90 Å². The lowest BCUT2D eigenvalue weighted by Gasteiger charge is -2.30. The van der Waals surface area contributed by atoms with Crippen LogP contribution in [0.1, 0.15) is 45.4 Å². The van der Waals surface area contributed by atoms with Crippen molar-refractivity contribution in [2.75, 3.05) is 13.6 Å². The van der Waals surface area contributed by atoms with Crippen molar-refractivity contribution in [3.05, 3.63) is 0 Å². The molecule has 1 atom stereocenters. The van der Waals surface area contributed by atoms with Crippen molar-refractivity contribution in [1.82, 2.24) is 4.90 Å². The molecule has 15 heavy (non-hydrogen) atoms. The monoisotopic (exact) mass is 212 g/mol. The molecule has 3 heteroatoms. The molecular weight excluding hydrogens is 188 g/mol. The third kappa shape index (κ3) is 3.82. The number of primary amides is 1. The van der Waals surface area contributed by atoms with E-state index in [1.807, 2.05) is 14.0 Å². The fourth-order valence-electron chi connectivity index (χ4n) is 2.63. The third-order valence-corrected chi connectivity index (χ3v) is 3.52. The van der Waals surface area contributed by atoms with Crippen molar-refractivity contribution in [2.24, 2.45) is 11.7 Å². The molecule has 1 saturated carbocycles. The van der Waals surface area contributed by atoms with Crippen LogP contribution in [0.15, 0.2) is 0 Å². The Morgan fingerprint density at radius 1 is 1.40 bits per heavy atom. The summed E-state index contributed by atoms with van der Waals surface area (Å²) in [4.78, 5) is 13.3. The van der Waals surface area contributed by atoms with Crippen LogP contribution in [-0.2, 0) is 4.79 Å². The third-order valence-electron chi connectivity index (χ3n) is 3.52. The molecule has 1 fully saturated rings. The van der Waals surface area contributed by atoms with Crippen molar-refractivity contribution in [3.8, 4) is 0 Å². The minimum absolute atomic E-state index is 0.0769. The molecule has 1 aliphatic carbocycles. The van der Waals surface area contributed by atoms with Gasteiger partial charge in [-0.1, -0.05) is 26.2 Å². The normalized spacial score (nSPS) is 20.5. The van der Waals surface area contributed by atoms with Gasteiger partial charge in [0.2, 0.25) is 5.91 Å². The first-order valence-electron chi connectivity index (χ1n) is 6.14. The summed E-state index contributed by atoms with van der Waals surface area (Å²) in [6, 6.07) is -0.0769. The summed E-state index contributed by atoms with van der Waals surface area (Å²) < 4.78 is 0. The van der Waals surface area contributed by atoms with Crippen molar-refractivity contribution in [3.63, 3.8) is 0 Å². The fraction of sp³-hybridized carbons (Fsp3) is 0.917. The Morgan fingerprint density at radius 2 is 2.00 bits per heavy atom. The van der Waals surface area contributed by atoms with E-state index in [0.29, 0.717) is 0 Å². The lowest BCUT2D eigenvalue weighted by Crippen LogP contribution is -2.44. The first-order valence-corrected chi connectivity index (χ1v) is 6.14. The van der Waals surface area contributed by atoms with E-state index in [0.717, 1.165) is 18.9 Å². The Labute approximate surface area is 93.0 Å². The second-order valence-corrected chi connectivity index (χ2v) is 4.77. The highest BCUT2D eigenvalue weighted by Crippen LogP contribution is 2.24. The van der Waals surface area contributed by atoms with Crippen LogP contribution in [0, 0.1) is 5.92 Å². The van der Waals surface area contributed by atoms with Gasteiger partial charge < -0.3 is 5.73 Å². The maximum atomic E-state index is 11.2. The molecule has 0 radical (unpaired) electrons. The van der Waals surface area contributed by atoms with Gasteiger partial charge in [0.1, 0.15) is 0 Å². The summed E-state index contributed by atoms with van der Waals surface area (Å²) in [7, 11) is 2.02. The molecule has 0 aromatic carbocycles. The number of amides is 1. The average molecular weight is 212 g/mol. The van der Waals surface area contributed by atoms with Crippen LogP contribution in [0.3, 0.4) is 0 Å². The van der Waals surface area contributed by atoms with Crippen LogP contribution in [0.25, 0.3) is 0 Å². The second-order valence-electron chi connectivity index (χ2n) is 4.77. The standard InChI is InChI=1S/C12H24N2O/c1-3-11(12(13)15)14(2)9-10-7-5-4-6-8-10/h10-11H,3-9H2,1-2H3,(H2,13,15). The Bertz CT molecular complexity index is 200. The average Bonchev–Trinajstić information content (AvgIpc) is 2.19. The smallest absolute Gasteiger partial charge is 0.234 e. The molecule has 0 aromatic heterocycles. The zero-order valence-corrected chi connectivity index (χ0v) is 10.0. The molecular formula is C12H24N2O. The van der Waals surface area contributed by atoms with Gasteiger partial charge >= 0.3 is 0 Å². The lowest BCUT2D eigenvalue weighted by atomic mass is 9.88. The maximum Gasteiger partial charge on any atom is 0.234 e. The Balaban J connectivity index is 2.38. The first kappa shape index (κ1) is 12.5. The van der Waals surface area contributed by atoms with Gasteiger partial charge in [-0.05, 0) is 32.2 Å². The van der Waals surface area contributed by atoms with E-state index in [-0.39, 0.29) is 11.9 Å². The maximum absolute atomic E-state index is 11.2. The van der Waals surface area contributed by atoms with E-state index < -0.39 is 0 Å².